The highest BCUT2D eigenvalue weighted by atomic mass is 32.2. The molecule has 0 saturated carbocycles. The molecular weight excluding hydrogens is 348 g/mol. The van der Waals surface area contributed by atoms with Gasteiger partial charge in [0.1, 0.15) is 9.86 Å². The molecule has 0 unspecified atom stereocenters. The van der Waals surface area contributed by atoms with E-state index in [0.29, 0.717) is 6.54 Å². The van der Waals surface area contributed by atoms with Crippen LogP contribution in [0.1, 0.15) is 5.69 Å². The van der Waals surface area contributed by atoms with Crippen LogP contribution in [0.5, 0.6) is 0 Å². The van der Waals surface area contributed by atoms with E-state index in [1.165, 1.54) is 11.0 Å². The molecule has 3 aromatic heterocycles. The molecule has 0 aromatic carbocycles. The van der Waals surface area contributed by atoms with E-state index in [4.69, 9.17) is 0 Å². The molecule has 0 bridgehead atoms. The second-order valence-electron chi connectivity index (χ2n) is 5.18. The lowest BCUT2D eigenvalue weighted by molar-refractivity contribution is -0.129. The van der Waals surface area contributed by atoms with Gasteiger partial charge in [-0.3, -0.25) is 4.79 Å². The topological polar surface area (TPSA) is 83.8 Å². The molecule has 0 saturated heterocycles. The van der Waals surface area contributed by atoms with E-state index in [1.807, 2.05) is 28.8 Å². The summed E-state index contributed by atoms with van der Waals surface area (Å²) in [4.78, 5) is 17.9. The smallest absolute Gasteiger partial charge is 0.250 e. The first kappa shape index (κ1) is 16.6. The minimum Gasteiger partial charge on any atom is -0.339 e. The van der Waals surface area contributed by atoms with Gasteiger partial charge in [-0.2, -0.15) is 0 Å². The number of carbonyl (C=O) groups is 1. The van der Waals surface area contributed by atoms with Crippen molar-refractivity contribution in [3.8, 4) is 0 Å². The van der Waals surface area contributed by atoms with E-state index >= 15 is 0 Å². The number of hydrogen-bond acceptors (Lipinski definition) is 5. The number of likely N-dealkylation sites (N-methyl/N-ethyl adjacent to an activating group) is 1. The lowest BCUT2D eigenvalue weighted by atomic mass is 10.4. The first-order chi connectivity index (χ1) is 11.5. The maximum Gasteiger partial charge on any atom is 0.250 e. The summed E-state index contributed by atoms with van der Waals surface area (Å²) in [5, 5.41) is 1.67. The highest BCUT2D eigenvalue weighted by molar-refractivity contribution is 7.91. The number of hydrogen-bond donors (Lipinski definition) is 1. The van der Waals surface area contributed by atoms with Crippen molar-refractivity contribution < 1.29 is 13.2 Å². The number of amides is 1. The summed E-state index contributed by atoms with van der Waals surface area (Å²) in [5.74, 6) is -0.319. The molecule has 3 rings (SSSR count). The Balaban J connectivity index is 1.63. The van der Waals surface area contributed by atoms with Gasteiger partial charge in [0, 0.05) is 13.2 Å². The van der Waals surface area contributed by atoms with Crippen molar-refractivity contribution in [1.29, 1.82) is 0 Å². The molecular formula is C15H16N4O3S2. The van der Waals surface area contributed by atoms with Crippen LogP contribution in [0, 0.1) is 0 Å². The quantitative estimate of drug-likeness (QED) is 0.715. The van der Waals surface area contributed by atoms with Crippen LogP contribution in [0.3, 0.4) is 0 Å². The first-order valence-electron chi connectivity index (χ1n) is 7.15. The molecule has 7 nitrogen and oxygen atoms in total. The fourth-order valence-corrected chi connectivity index (χ4v) is 4.22. The fraction of sp³-hybridized carbons (Fsp3) is 0.200. The minimum atomic E-state index is -3.64. The molecule has 1 N–H and O–H groups in total. The summed E-state index contributed by atoms with van der Waals surface area (Å²) in [6.45, 7) is 0.0538. The van der Waals surface area contributed by atoms with Gasteiger partial charge in [-0.05, 0) is 23.6 Å². The number of imidazole rings is 1. The number of nitrogens with zero attached hydrogens (tertiary/aromatic N) is 3. The number of sulfonamides is 1. The number of thiophene rings is 1. The summed E-state index contributed by atoms with van der Waals surface area (Å²) in [6.07, 6.45) is 3.57. The summed E-state index contributed by atoms with van der Waals surface area (Å²) in [6, 6.07) is 8.80. The van der Waals surface area contributed by atoms with Gasteiger partial charge >= 0.3 is 0 Å². The van der Waals surface area contributed by atoms with Crippen LogP contribution >= 0.6 is 11.3 Å². The van der Waals surface area contributed by atoms with E-state index in [2.05, 4.69) is 9.71 Å². The number of fused-ring (bicyclic) bond motifs is 1. The van der Waals surface area contributed by atoms with Gasteiger partial charge in [0.25, 0.3) is 10.0 Å². The Morgan fingerprint density at radius 3 is 2.92 bits per heavy atom. The van der Waals surface area contributed by atoms with Crippen LogP contribution < -0.4 is 4.72 Å². The average molecular weight is 364 g/mol. The molecule has 0 atom stereocenters. The Kier molecular flexibility index (Phi) is 4.65. The molecule has 9 heteroatoms. The van der Waals surface area contributed by atoms with E-state index in [-0.39, 0.29) is 16.7 Å². The van der Waals surface area contributed by atoms with Crippen molar-refractivity contribution in [3.05, 3.63) is 53.8 Å². The highest BCUT2D eigenvalue weighted by Gasteiger charge is 2.18. The van der Waals surface area contributed by atoms with E-state index in [1.54, 1.807) is 24.7 Å². The molecule has 0 aliphatic carbocycles. The fourth-order valence-electron chi connectivity index (χ4n) is 2.21. The van der Waals surface area contributed by atoms with Crippen molar-refractivity contribution in [2.75, 3.05) is 13.6 Å². The number of aromatic nitrogens is 2. The van der Waals surface area contributed by atoms with Crippen molar-refractivity contribution in [1.82, 2.24) is 19.0 Å². The van der Waals surface area contributed by atoms with E-state index in [9.17, 15) is 13.2 Å². The molecule has 1 amide bonds. The third kappa shape index (κ3) is 3.48. The van der Waals surface area contributed by atoms with Crippen LogP contribution in [0.2, 0.25) is 0 Å². The first-order valence-corrected chi connectivity index (χ1v) is 9.52. The SMILES string of the molecule is CN(Cc1cnc2ccccn12)C(=O)CNS(=O)(=O)c1cccs1. The van der Waals surface area contributed by atoms with Crippen molar-refractivity contribution in [3.63, 3.8) is 0 Å². The van der Waals surface area contributed by atoms with Gasteiger partial charge in [-0.1, -0.05) is 12.1 Å². The van der Waals surface area contributed by atoms with E-state index in [0.717, 1.165) is 22.7 Å². The molecule has 24 heavy (non-hydrogen) atoms. The Labute approximate surface area is 143 Å². The second kappa shape index (κ2) is 6.71. The molecule has 0 fully saturated rings. The Morgan fingerprint density at radius 2 is 2.17 bits per heavy atom. The Morgan fingerprint density at radius 1 is 1.33 bits per heavy atom. The zero-order valence-electron chi connectivity index (χ0n) is 12.9. The number of nitrogens with one attached hydrogen (secondary N) is 1. The predicted octanol–water partition coefficient (Wildman–Crippen LogP) is 1.33. The Bertz CT molecular complexity index is 948. The third-order valence-electron chi connectivity index (χ3n) is 3.49. The summed E-state index contributed by atoms with van der Waals surface area (Å²) >= 11 is 1.11. The number of pyridine rings is 1. The molecule has 3 heterocycles. The largest absolute Gasteiger partial charge is 0.339 e. The molecule has 126 valence electrons. The van der Waals surface area contributed by atoms with Gasteiger partial charge in [-0.25, -0.2) is 18.1 Å². The van der Waals surface area contributed by atoms with Gasteiger partial charge < -0.3 is 9.30 Å². The highest BCUT2D eigenvalue weighted by Crippen LogP contribution is 2.15. The Hall–Kier alpha value is -2.23. The van der Waals surface area contributed by atoms with Gasteiger partial charge in [0.2, 0.25) is 5.91 Å². The average Bonchev–Trinajstić information content (AvgIpc) is 3.23. The molecule has 0 aliphatic rings. The van der Waals surface area contributed by atoms with Crippen molar-refractivity contribution >= 4 is 32.9 Å². The van der Waals surface area contributed by atoms with Gasteiger partial charge in [-0.15, -0.1) is 11.3 Å². The molecule has 0 aliphatic heterocycles. The van der Waals surface area contributed by atoms with Crippen molar-refractivity contribution in [2.24, 2.45) is 0 Å². The van der Waals surface area contributed by atoms with Crippen molar-refractivity contribution in [2.45, 2.75) is 10.8 Å². The van der Waals surface area contributed by atoms with Gasteiger partial charge in [0.05, 0.1) is 25.0 Å². The standard InChI is InChI=1S/C15H16N4O3S2/c1-18(11-12-9-16-13-5-2-3-7-19(12)13)14(20)10-17-24(21,22)15-6-4-8-23-15/h2-9,17H,10-11H2,1H3. The van der Waals surface area contributed by atoms with Crippen LogP contribution in [0.15, 0.2) is 52.3 Å². The van der Waals surface area contributed by atoms with E-state index < -0.39 is 10.0 Å². The molecule has 3 aromatic rings. The maximum atomic E-state index is 12.2. The lowest BCUT2D eigenvalue weighted by Crippen LogP contribution is -2.37. The third-order valence-corrected chi connectivity index (χ3v) is 6.29. The zero-order chi connectivity index (χ0) is 17.2. The monoisotopic (exact) mass is 364 g/mol. The second-order valence-corrected chi connectivity index (χ2v) is 8.13. The predicted molar refractivity (Wildman–Crippen MR) is 91.2 cm³/mol. The number of carbonyl (C=O) groups excluding carboxylic acids is 1. The van der Waals surface area contributed by atoms with Crippen LogP contribution in [0.4, 0.5) is 0 Å². The zero-order valence-corrected chi connectivity index (χ0v) is 14.5. The minimum absolute atomic E-state index is 0.194. The molecule has 0 spiro atoms. The van der Waals surface area contributed by atoms with Crippen LogP contribution in [-0.2, 0) is 21.4 Å². The molecule has 0 radical (unpaired) electrons. The summed E-state index contributed by atoms with van der Waals surface area (Å²) < 4.78 is 28.5. The maximum absolute atomic E-state index is 12.2. The normalized spacial score (nSPS) is 11.7. The summed E-state index contributed by atoms with van der Waals surface area (Å²) in [7, 11) is -2.01. The summed E-state index contributed by atoms with van der Waals surface area (Å²) in [5.41, 5.74) is 1.65. The van der Waals surface area contributed by atoms with Crippen LogP contribution in [-0.4, -0.2) is 42.2 Å². The number of rotatable bonds is 6. The lowest BCUT2D eigenvalue weighted by Gasteiger charge is -2.17. The van der Waals surface area contributed by atoms with Crippen LogP contribution in [0.25, 0.3) is 5.65 Å². The van der Waals surface area contributed by atoms with Gasteiger partial charge in [0.15, 0.2) is 0 Å².